The van der Waals surface area contributed by atoms with Gasteiger partial charge >= 0.3 is 118 Å². The number of hydrogen-bond donors (Lipinski definition) is 8. The van der Waals surface area contributed by atoms with E-state index in [1.807, 2.05) is 0 Å². The van der Waals surface area contributed by atoms with Gasteiger partial charge in [-0.25, -0.2) is 0 Å². The minimum atomic E-state index is -4.79. The van der Waals surface area contributed by atoms with Gasteiger partial charge in [0.1, 0.15) is 0 Å². The molecule has 0 aromatic rings. The first-order valence-corrected chi connectivity index (χ1v) is 10.7. The minimum absolute atomic E-state index is 1.67. The normalized spacial score (nSPS) is 53.7. The van der Waals surface area contributed by atoms with Crippen molar-refractivity contribution in [3.05, 3.63) is 0 Å². The molecule has 2 rings (SSSR count). The number of rotatable bonds is 4. The van der Waals surface area contributed by atoms with Crippen LogP contribution in [0.2, 0.25) is 0 Å². The van der Waals surface area contributed by atoms with E-state index in [-0.39, 0.29) is 0 Å². The molecule has 2 fully saturated rings. The molecule has 12 nitrogen and oxygen atoms in total. The fourth-order valence-electron chi connectivity index (χ4n) is 3.49. The molecule has 2 aliphatic heterocycles. The molecule has 0 aromatic heterocycles. The van der Waals surface area contributed by atoms with E-state index in [2.05, 4.69) is 19.6 Å². The van der Waals surface area contributed by atoms with E-state index >= 15 is 0 Å². The van der Waals surface area contributed by atoms with Gasteiger partial charge in [-0.15, -0.1) is 0 Å². The molecule has 2 aliphatic rings. The van der Waals surface area contributed by atoms with Crippen LogP contribution in [0, 0.1) is 0 Å². The average molecular weight is 377 g/mol. The third kappa shape index (κ3) is 2.08. The molecule has 1 spiro atoms. The topological polar surface area (TPSA) is 199 Å². The van der Waals surface area contributed by atoms with E-state index < -0.39 is 57.4 Å². The quantitative estimate of drug-likeness (QED) is 0.137. The van der Waals surface area contributed by atoms with E-state index in [9.17, 15) is 20.4 Å². The van der Waals surface area contributed by atoms with Gasteiger partial charge in [0.2, 0.25) is 0 Å². The Morgan fingerprint density at radius 3 is 0.810 bits per heavy atom. The van der Waals surface area contributed by atoms with Gasteiger partial charge in [-0.1, -0.05) is 0 Å². The van der Waals surface area contributed by atoms with Crippen molar-refractivity contribution in [2.45, 2.75) is 44.2 Å². The number of aliphatic hydroxyl groups excluding tert-OH is 4. The summed E-state index contributed by atoms with van der Waals surface area (Å²) in [6, 6.07) is 0. The molecule has 21 heavy (non-hydrogen) atoms. The summed E-state index contributed by atoms with van der Waals surface area (Å²) in [4.78, 5) is 9.74. The fraction of sp³-hybridized carbons (Fsp3) is 1.00. The molecular weight excluding hydrogens is 361 g/mol. The molecular formula is C8H16GeO12. The van der Waals surface area contributed by atoms with E-state index in [0.717, 1.165) is 0 Å². The molecule has 0 saturated carbocycles. The van der Waals surface area contributed by atoms with E-state index in [1.165, 1.54) is 0 Å². The molecule has 8 atom stereocenters. The zero-order chi connectivity index (χ0) is 15.9. The first kappa shape index (κ1) is 17.4. The van der Waals surface area contributed by atoms with Crippen molar-refractivity contribution in [2.75, 3.05) is 0 Å². The van der Waals surface area contributed by atoms with Crippen LogP contribution in [0.1, 0.15) is 0 Å². The Labute approximate surface area is 119 Å². The van der Waals surface area contributed by atoms with E-state index in [1.54, 1.807) is 0 Å². The maximum atomic E-state index is 9.87. The molecule has 0 radical (unpaired) electrons. The Balaban J connectivity index is 2.61. The Kier molecular flexibility index (Phi) is 5.21. The van der Waals surface area contributed by atoms with Crippen LogP contribution in [0.3, 0.4) is 0 Å². The van der Waals surface area contributed by atoms with Crippen LogP contribution < -0.4 is 0 Å². The summed E-state index contributed by atoms with van der Waals surface area (Å²) < 4.78 is 0. The molecule has 2 heterocycles. The van der Waals surface area contributed by atoms with Gasteiger partial charge in [0.25, 0.3) is 0 Å². The Hall–Kier alpha value is 0.0629. The van der Waals surface area contributed by atoms with Crippen molar-refractivity contribution < 1.29 is 61.0 Å². The Bertz CT molecular complexity index is 300. The third-order valence-electron chi connectivity index (χ3n) is 4.37. The average Bonchev–Trinajstić information content (AvgIpc) is 2.81. The summed E-state index contributed by atoms with van der Waals surface area (Å²) in [5.41, 5.74) is 0. The molecule has 0 amide bonds. The van der Waals surface area contributed by atoms with Crippen molar-refractivity contribution in [2.24, 2.45) is 0 Å². The number of hydrogen-bond acceptors (Lipinski definition) is 12. The zero-order valence-corrected chi connectivity index (χ0v) is 12.4. The van der Waals surface area contributed by atoms with Gasteiger partial charge in [0.15, 0.2) is 0 Å². The van der Waals surface area contributed by atoms with E-state index in [4.69, 9.17) is 21.0 Å². The summed E-state index contributed by atoms with van der Waals surface area (Å²) in [6.45, 7) is 0. The summed E-state index contributed by atoms with van der Waals surface area (Å²) >= 11 is -4.79. The molecule has 0 bridgehead atoms. The molecule has 13 heteroatoms. The SMILES string of the molecule is OO[CH]1C(O)C(O)[CH](OO)[Ge]12[CH](OO)C(O)C(O)[CH]2OO. The van der Waals surface area contributed by atoms with Gasteiger partial charge in [-0.2, -0.15) is 0 Å². The van der Waals surface area contributed by atoms with Crippen LogP contribution in [0.25, 0.3) is 0 Å². The molecule has 8 N–H and O–H groups in total. The summed E-state index contributed by atoms with van der Waals surface area (Å²) in [6.07, 6.45) is -7.22. The molecule has 8 unspecified atom stereocenters. The van der Waals surface area contributed by atoms with Crippen LogP contribution in [0.5, 0.6) is 0 Å². The summed E-state index contributed by atoms with van der Waals surface area (Å²) in [5, 5.41) is 75.4. The second-order valence-corrected chi connectivity index (χ2v) is 14.0. The molecule has 0 aliphatic carbocycles. The first-order valence-electron chi connectivity index (χ1n) is 5.86. The Morgan fingerprint density at radius 2 is 0.667 bits per heavy atom. The predicted molar refractivity (Wildman–Crippen MR) is 59.8 cm³/mol. The second-order valence-electron chi connectivity index (χ2n) is 5.07. The molecule has 124 valence electrons. The summed E-state index contributed by atoms with van der Waals surface area (Å²) in [7, 11) is 0. The maximum absolute atomic E-state index is 9.87. The van der Waals surface area contributed by atoms with Crippen molar-refractivity contribution >= 4 is 13.3 Å². The monoisotopic (exact) mass is 378 g/mol. The third-order valence-corrected chi connectivity index (χ3v) is 16.4. The van der Waals surface area contributed by atoms with Crippen molar-refractivity contribution in [3.8, 4) is 0 Å². The van der Waals surface area contributed by atoms with Gasteiger partial charge in [-0.05, 0) is 0 Å². The zero-order valence-electron chi connectivity index (χ0n) is 10.3. The van der Waals surface area contributed by atoms with Gasteiger partial charge in [0, 0.05) is 0 Å². The second kappa shape index (κ2) is 6.28. The van der Waals surface area contributed by atoms with Crippen molar-refractivity contribution in [1.82, 2.24) is 0 Å². The van der Waals surface area contributed by atoms with Crippen LogP contribution in [0.15, 0.2) is 0 Å². The van der Waals surface area contributed by atoms with Gasteiger partial charge < -0.3 is 0 Å². The predicted octanol–water partition coefficient (Wildman–Crippen LogP) is -3.50. The van der Waals surface area contributed by atoms with Crippen molar-refractivity contribution in [3.63, 3.8) is 0 Å². The van der Waals surface area contributed by atoms with Gasteiger partial charge in [-0.3, -0.25) is 0 Å². The van der Waals surface area contributed by atoms with Crippen LogP contribution >= 0.6 is 0 Å². The standard InChI is InChI=1S/C8H16GeO12/c10-1-2(11)6(19-15)9(5(1)18-14)7(20-16)3(12)4(13)8(9)21-17/h1-8,10-17H. The van der Waals surface area contributed by atoms with Crippen LogP contribution in [-0.4, -0.2) is 98.9 Å². The number of aliphatic hydroxyl groups is 4. The van der Waals surface area contributed by atoms with Crippen molar-refractivity contribution in [1.29, 1.82) is 0 Å². The van der Waals surface area contributed by atoms with Crippen LogP contribution in [0.4, 0.5) is 0 Å². The Morgan fingerprint density at radius 1 is 0.476 bits per heavy atom. The first-order chi connectivity index (χ1) is 9.93. The van der Waals surface area contributed by atoms with E-state index in [0.29, 0.717) is 0 Å². The molecule has 0 aromatic carbocycles. The summed E-state index contributed by atoms with van der Waals surface area (Å²) in [5.74, 6) is 0. The molecule has 2 saturated heterocycles. The van der Waals surface area contributed by atoms with Crippen LogP contribution in [-0.2, 0) is 19.6 Å². The fourth-order valence-corrected chi connectivity index (χ4v) is 15.7. The van der Waals surface area contributed by atoms with Gasteiger partial charge in [0.05, 0.1) is 0 Å².